The number of anilines is 1. The van der Waals surface area contributed by atoms with Crippen LogP contribution in [-0.4, -0.2) is 50.3 Å². The van der Waals surface area contributed by atoms with Crippen LogP contribution in [-0.2, 0) is 0 Å². The summed E-state index contributed by atoms with van der Waals surface area (Å²) in [5.74, 6) is 0. The lowest BCUT2D eigenvalue weighted by Crippen LogP contribution is -3.56. The third kappa shape index (κ3) is 2.60. The van der Waals surface area contributed by atoms with Gasteiger partial charge in [0.25, 0.3) is 0 Å². The van der Waals surface area contributed by atoms with Crippen LogP contribution < -0.4 is 25.3 Å². The lowest BCUT2D eigenvalue weighted by Gasteiger charge is -2.52. The monoisotopic (exact) mass is 320 g/mol. The molecule has 4 fully saturated rings. The number of rotatable bonds is 2. The van der Waals surface area contributed by atoms with Crippen molar-refractivity contribution in [2.75, 3.05) is 45.0 Å². The first-order chi connectivity index (χ1) is 10.5. The standard InChI is InChI=1S/C16H23N5S/c1-12-3-4-13(2)14(5-12)17-15(22)18-16-6-19-9-20(7-16)11-21(8-16)10-19/h3-5H,6-11H2,1-2H3,(H2,17,18,22)/p+3. The first-order valence-corrected chi connectivity index (χ1v) is 8.59. The summed E-state index contributed by atoms with van der Waals surface area (Å²) < 4.78 is 0. The Bertz CT molecular complexity index is 579. The van der Waals surface area contributed by atoms with E-state index in [1.165, 1.54) is 50.8 Å². The average molecular weight is 320 g/mol. The number of thiocarbonyl (C=S) groups is 1. The van der Waals surface area contributed by atoms with E-state index in [4.69, 9.17) is 12.2 Å². The van der Waals surface area contributed by atoms with Gasteiger partial charge < -0.3 is 10.6 Å². The van der Waals surface area contributed by atoms with Crippen LogP contribution in [0.5, 0.6) is 0 Å². The molecular formula is C16H26N5S+3. The quantitative estimate of drug-likeness (QED) is 0.375. The summed E-state index contributed by atoms with van der Waals surface area (Å²) in [7, 11) is 0. The third-order valence-corrected chi connectivity index (χ3v) is 5.49. The third-order valence-electron chi connectivity index (χ3n) is 5.29. The molecule has 4 aliphatic rings. The Kier molecular flexibility index (Phi) is 3.38. The largest absolute Gasteiger partial charge is 0.342 e. The highest BCUT2D eigenvalue weighted by Gasteiger charge is 2.57. The van der Waals surface area contributed by atoms with Gasteiger partial charge in [-0.1, -0.05) is 12.1 Å². The van der Waals surface area contributed by atoms with E-state index in [-0.39, 0.29) is 5.54 Å². The van der Waals surface area contributed by atoms with Crippen molar-refractivity contribution in [3.8, 4) is 0 Å². The fourth-order valence-electron chi connectivity index (χ4n) is 4.64. The van der Waals surface area contributed by atoms with Gasteiger partial charge in [-0.3, -0.25) is 0 Å². The number of nitrogens with one attached hydrogen (secondary N) is 5. The minimum absolute atomic E-state index is 0.177. The van der Waals surface area contributed by atoms with Gasteiger partial charge in [-0.2, -0.15) is 0 Å². The maximum Gasteiger partial charge on any atom is 0.213 e. The zero-order valence-corrected chi connectivity index (χ0v) is 14.2. The highest BCUT2D eigenvalue weighted by atomic mass is 32.1. The Morgan fingerprint density at radius 3 is 2.23 bits per heavy atom. The molecule has 4 heterocycles. The predicted octanol–water partition coefficient (Wildman–Crippen LogP) is -3.10. The van der Waals surface area contributed by atoms with Crippen LogP contribution in [0, 0.1) is 13.8 Å². The SMILES string of the molecule is Cc1ccc(C)c(NC(=S)NC23C[NH+]4C[NH+](C[NH+](C4)C2)C3)c1. The van der Waals surface area contributed by atoms with Gasteiger partial charge in [-0.05, 0) is 43.3 Å². The van der Waals surface area contributed by atoms with Crippen LogP contribution in [0.25, 0.3) is 0 Å². The van der Waals surface area contributed by atoms with E-state index in [2.05, 4.69) is 42.7 Å². The van der Waals surface area contributed by atoms with Gasteiger partial charge in [0.1, 0.15) is 19.6 Å². The molecular weight excluding hydrogens is 294 g/mol. The van der Waals surface area contributed by atoms with Crippen molar-refractivity contribution in [2.24, 2.45) is 0 Å². The van der Waals surface area contributed by atoms with E-state index >= 15 is 0 Å². The lowest BCUT2D eigenvalue weighted by atomic mass is 9.91. The molecule has 0 atom stereocenters. The van der Waals surface area contributed by atoms with Gasteiger partial charge in [-0.15, -0.1) is 0 Å². The van der Waals surface area contributed by atoms with Gasteiger partial charge in [0.15, 0.2) is 10.7 Å². The minimum Gasteiger partial charge on any atom is -0.342 e. The van der Waals surface area contributed by atoms with Crippen LogP contribution >= 0.6 is 12.2 Å². The van der Waals surface area contributed by atoms with Gasteiger partial charge in [0, 0.05) is 5.69 Å². The van der Waals surface area contributed by atoms with Crippen molar-refractivity contribution in [3.63, 3.8) is 0 Å². The first kappa shape index (κ1) is 14.4. The normalized spacial score (nSPS) is 35.5. The molecule has 5 rings (SSSR count). The highest BCUT2D eigenvalue weighted by Crippen LogP contribution is 2.16. The van der Waals surface area contributed by atoms with Crippen LogP contribution in [0.4, 0.5) is 5.69 Å². The molecule has 4 saturated heterocycles. The number of hydrogen-bond acceptors (Lipinski definition) is 1. The molecule has 0 amide bonds. The highest BCUT2D eigenvalue weighted by molar-refractivity contribution is 7.80. The zero-order valence-electron chi connectivity index (χ0n) is 13.4. The summed E-state index contributed by atoms with van der Waals surface area (Å²) in [6.45, 7) is 11.7. The first-order valence-electron chi connectivity index (χ1n) is 8.18. The number of aryl methyl sites for hydroxylation is 2. The van der Waals surface area contributed by atoms with Crippen LogP contribution in [0.1, 0.15) is 11.1 Å². The van der Waals surface area contributed by atoms with Crippen LogP contribution in [0.2, 0.25) is 0 Å². The van der Waals surface area contributed by atoms with E-state index in [1.54, 1.807) is 14.7 Å². The molecule has 0 saturated carbocycles. The van der Waals surface area contributed by atoms with Crippen molar-refractivity contribution in [1.82, 2.24) is 5.32 Å². The fraction of sp³-hybridized carbons (Fsp3) is 0.562. The molecule has 1 aromatic carbocycles. The summed E-state index contributed by atoms with van der Waals surface area (Å²) in [6, 6.07) is 6.45. The minimum atomic E-state index is 0.177. The number of quaternary nitrogens is 3. The Hall–Kier alpha value is -1.21. The predicted molar refractivity (Wildman–Crippen MR) is 90.1 cm³/mol. The Morgan fingerprint density at radius 2 is 1.64 bits per heavy atom. The van der Waals surface area contributed by atoms with E-state index in [0.717, 1.165) is 10.8 Å². The van der Waals surface area contributed by atoms with Gasteiger partial charge in [0.05, 0.1) is 0 Å². The van der Waals surface area contributed by atoms with Crippen LogP contribution in [0.15, 0.2) is 18.2 Å². The van der Waals surface area contributed by atoms with Crippen molar-refractivity contribution in [1.29, 1.82) is 0 Å². The molecule has 1 aromatic rings. The molecule has 22 heavy (non-hydrogen) atoms. The molecule has 5 nitrogen and oxygen atoms in total. The number of benzene rings is 1. The summed E-state index contributed by atoms with van der Waals surface area (Å²) in [5.41, 5.74) is 3.79. The summed E-state index contributed by atoms with van der Waals surface area (Å²) in [4.78, 5) is 5.15. The molecule has 4 bridgehead atoms. The fourth-order valence-corrected chi connectivity index (χ4v) is 4.97. The molecule has 0 unspecified atom stereocenters. The van der Waals surface area contributed by atoms with Gasteiger partial charge in [0.2, 0.25) is 20.0 Å². The second kappa shape index (κ2) is 5.16. The molecule has 0 aromatic heterocycles. The van der Waals surface area contributed by atoms with Gasteiger partial charge in [-0.25, -0.2) is 14.7 Å². The van der Waals surface area contributed by atoms with Crippen molar-refractivity contribution in [3.05, 3.63) is 29.3 Å². The summed E-state index contributed by atoms with van der Waals surface area (Å²) in [6.07, 6.45) is 0. The topological polar surface area (TPSA) is 37.4 Å². The smallest absolute Gasteiger partial charge is 0.213 e. The molecule has 0 spiro atoms. The van der Waals surface area contributed by atoms with Gasteiger partial charge >= 0.3 is 0 Å². The maximum atomic E-state index is 5.62. The molecule has 4 aliphatic heterocycles. The van der Waals surface area contributed by atoms with E-state index in [0.29, 0.717) is 0 Å². The van der Waals surface area contributed by atoms with E-state index in [9.17, 15) is 0 Å². The van der Waals surface area contributed by atoms with Crippen molar-refractivity contribution in [2.45, 2.75) is 19.4 Å². The molecule has 0 aliphatic carbocycles. The zero-order chi connectivity index (χ0) is 15.3. The summed E-state index contributed by atoms with van der Waals surface area (Å²) in [5, 5.41) is 7.87. The van der Waals surface area contributed by atoms with E-state index in [1.807, 2.05) is 0 Å². The summed E-state index contributed by atoms with van der Waals surface area (Å²) >= 11 is 5.62. The number of hydrogen-bond donors (Lipinski definition) is 5. The molecule has 5 N–H and O–H groups in total. The van der Waals surface area contributed by atoms with Crippen molar-refractivity contribution >= 4 is 23.0 Å². The second-order valence-corrected chi connectivity index (χ2v) is 7.90. The Morgan fingerprint density at radius 1 is 1.05 bits per heavy atom. The molecule has 118 valence electrons. The van der Waals surface area contributed by atoms with E-state index < -0.39 is 0 Å². The maximum absolute atomic E-state index is 5.62. The molecule has 6 heteroatoms. The van der Waals surface area contributed by atoms with Crippen molar-refractivity contribution < 1.29 is 14.7 Å². The van der Waals surface area contributed by atoms with Crippen LogP contribution in [0.3, 0.4) is 0 Å². The second-order valence-electron chi connectivity index (χ2n) is 7.49. The Balaban J connectivity index is 1.47. The average Bonchev–Trinajstić information content (AvgIpc) is 2.40. The lowest BCUT2D eigenvalue weighted by molar-refractivity contribution is -1.29. The molecule has 0 radical (unpaired) electrons. The Labute approximate surface area is 137 Å².